The number of benzene rings is 1. The van der Waals surface area contributed by atoms with Crippen LogP contribution in [0.25, 0.3) is 0 Å². The molecule has 1 aromatic rings. The fraction of sp³-hybridized carbons (Fsp3) is 0.273. The molecule has 0 aliphatic heterocycles. The van der Waals surface area contributed by atoms with E-state index in [1.54, 1.807) is 12.1 Å². The van der Waals surface area contributed by atoms with Gasteiger partial charge in [-0.3, -0.25) is 0 Å². The van der Waals surface area contributed by atoms with Gasteiger partial charge in [0.05, 0.1) is 18.2 Å². The van der Waals surface area contributed by atoms with Gasteiger partial charge < -0.3 is 4.74 Å². The fourth-order valence-corrected chi connectivity index (χ4v) is 2.03. The lowest BCUT2D eigenvalue weighted by Gasteiger charge is -2.08. The molecule has 15 heavy (non-hydrogen) atoms. The number of hydrogen-bond donors (Lipinski definition) is 0. The summed E-state index contributed by atoms with van der Waals surface area (Å²) in [4.78, 5) is 11.4. The molecular weight excluding hydrogens is 305 g/mol. The molecule has 0 atom stereocenters. The largest absolute Gasteiger partial charge is 0.465 e. The van der Waals surface area contributed by atoms with E-state index in [1.807, 2.05) is 6.92 Å². The minimum absolute atomic E-state index is 0.389. The van der Waals surface area contributed by atoms with E-state index < -0.39 is 0 Å². The molecule has 0 amide bonds. The van der Waals surface area contributed by atoms with Crippen LogP contribution in [-0.2, 0) is 11.2 Å². The highest BCUT2D eigenvalue weighted by molar-refractivity contribution is 14.1. The number of halogens is 1. The van der Waals surface area contributed by atoms with Crippen LogP contribution in [-0.4, -0.2) is 13.1 Å². The molecule has 1 aromatic carbocycles. The second-order valence-electron chi connectivity index (χ2n) is 2.91. The van der Waals surface area contributed by atoms with Gasteiger partial charge >= 0.3 is 5.97 Å². The molecule has 1 rings (SSSR count). The van der Waals surface area contributed by atoms with Gasteiger partial charge in [-0.05, 0) is 46.7 Å². The first kappa shape index (κ1) is 12.0. The van der Waals surface area contributed by atoms with Crippen LogP contribution >= 0.6 is 22.6 Å². The lowest BCUT2D eigenvalue weighted by molar-refractivity contribution is 0.0599. The first-order valence-corrected chi connectivity index (χ1v) is 5.53. The summed E-state index contributed by atoms with van der Waals surface area (Å²) < 4.78 is 5.53. The van der Waals surface area contributed by atoms with E-state index in [1.165, 1.54) is 7.11 Å². The van der Waals surface area contributed by atoms with Gasteiger partial charge in [-0.15, -0.1) is 0 Å². The Morgan fingerprint density at radius 2 is 2.27 bits per heavy atom. The second-order valence-corrected chi connectivity index (χ2v) is 4.07. The number of nitriles is 1. The monoisotopic (exact) mass is 315 g/mol. The predicted octanol–water partition coefficient (Wildman–Crippen LogP) is 2.51. The van der Waals surface area contributed by atoms with Crippen molar-refractivity contribution in [2.24, 2.45) is 0 Å². The Kier molecular flexibility index (Phi) is 4.09. The van der Waals surface area contributed by atoms with E-state index in [2.05, 4.69) is 33.4 Å². The van der Waals surface area contributed by atoms with Crippen LogP contribution in [0.2, 0.25) is 0 Å². The number of esters is 1. The Morgan fingerprint density at radius 1 is 1.60 bits per heavy atom. The third-order valence-corrected chi connectivity index (χ3v) is 3.03. The first-order valence-electron chi connectivity index (χ1n) is 4.45. The van der Waals surface area contributed by atoms with Crippen molar-refractivity contribution in [2.75, 3.05) is 7.11 Å². The molecule has 0 unspecified atom stereocenters. The number of methoxy groups -OCH3 is 1. The SMILES string of the molecule is CCc1c(C(=O)OC)ccc(I)c1C#N. The zero-order valence-corrected chi connectivity index (χ0v) is 10.7. The number of nitrogens with zero attached hydrogens (tertiary/aromatic N) is 1. The van der Waals surface area contributed by atoms with Gasteiger partial charge in [0.2, 0.25) is 0 Å². The molecule has 0 saturated carbocycles. The molecule has 78 valence electrons. The topological polar surface area (TPSA) is 50.1 Å². The van der Waals surface area contributed by atoms with Crippen LogP contribution < -0.4 is 0 Å². The van der Waals surface area contributed by atoms with Gasteiger partial charge in [0, 0.05) is 3.57 Å². The lowest BCUT2D eigenvalue weighted by atomic mass is 9.99. The highest BCUT2D eigenvalue weighted by Crippen LogP contribution is 2.21. The second kappa shape index (κ2) is 5.12. The Balaban J connectivity index is 3.43. The minimum Gasteiger partial charge on any atom is -0.465 e. The summed E-state index contributed by atoms with van der Waals surface area (Å²) in [6.45, 7) is 1.92. The summed E-state index contributed by atoms with van der Waals surface area (Å²) >= 11 is 2.09. The lowest BCUT2D eigenvalue weighted by Crippen LogP contribution is -2.08. The summed E-state index contributed by atoms with van der Waals surface area (Å²) in [7, 11) is 1.34. The molecule has 0 N–H and O–H groups in total. The molecule has 0 radical (unpaired) electrons. The van der Waals surface area contributed by atoms with Gasteiger partial charge in [-0.25, -0.2) is 4.79 Å². The van der Waals surface area contributed by atoms with Crippen molar-refractivity contribution in [3.8, 4) is 6.07 Å². The summed E-state index contributed by atoms with van der Waals surface area (Å²) in [6, 6.07) is 5.58. The van der Waals surface area contributed by atoms with Crippen molar-refractivity contribution < 1.29 is 9.53 Å². The third kappa shape index (κ3) is 2.29. The zero-order valence-electron chi connectivity index (χ0n) is 8.50. The smallest absolute Gasteiger partial charge is 0.338 e. The van der Waals surface area contributed by atoms with Crippen LogP contribution in [0.1, 0.15) is 28.4 Å². The maximum atomic E-state index is 11.4. The number of rotatable bonds is 2. The van der Waals surface area contributed by atoms with Crippen molar-refractivity contribution in [1.29, 1.82) is 5.26 Å². The third-order valence-electron chi connectivity index (χ3n) is 2.13. The molecule has 0 aromatic heterocycles. The molecule has 0 aliphatic carbocycles. The van der Waals surface area contributed by atoms with Crippen LogP contribution in [0.3, 0.4) is 0 Å². The standard InChI is InChI=1S/C11H10INO2/c1-3-7-8(11(14)15-2)4-5-10(12)9(7)6-13/h4-5H,3H2,1-2H3. The van der Waals surface area contributed by atoms with E-state index >= 15 is 0 Å². The Morgan fingerprint density at radius 3 is 2.73 bits per heavy atom. The van der Waals surface area contributed by atoms with Gasteiger partial charge in [0.15, 0.2) is 0 Å². The van der Waals surface area contributed by atoms with Crippen LogP contribution in [0.4, 0.5) is 0 Å². The first-order chi connectivity index (χ1) is 7.15. The normalized spacial score (nSPS) is 9.47. The summed E-state index contributed by atoms with van der Waals surface area (Å²) in [5.41, 5.74) is 1.81. The van der Waals surface area contributed by atoms with Crippen LogP contribution in [0.15, 0.2) is 12.1 Å². The van der Waals surface area contributed by atoms with E-state index in [-0.39, 0.29) is 5.97 Å². The molecule has 0 heterocycles. The molecule has 0 spiro atoms. The average Bonchev–Trinajstić information content (AvgIpc) is 2.27. The Bertz CT molecular complexity index is 435. The maximum Gasteiger partial charge on any atom is 0.338 e. The quantitative estimate of drug-likeness (QED) is 0.622. The molecular formula is C11H10INO2. The van der Waals surface area contributed by atoms with Crippen molar-refractivity contribution in [2.45, 2.75) is 13.3 Å². The van der Waals surface area contributed by atoms with Crippen LogP contribution in [0, 0.1) is 14.9 Å². The highest BCUT2D eigenvalue weighted by atomic mass is 127. The number of hydrogen-bond acceptors (Lipinski definition) is 3. The van der Waals surface area contributed by atoms with Crippen molar-refractivity contribution in [3.63, 3.8) is 0 Å². The number of carbonyl (C=O) groups excluding carboxylic acids is 1. The average molecular weight is 315 g/mol. The minimum atomic E-state index is -0.389. The van der Waals surface area contributed by atoms with Crippen molar-refractivity contribution >= 4 is 28.6 Å². The maximum absolute atomic E-state index is 11.4. The summed E-state index contributed by atoms with van der Waals surface area (Å²) in [5.74, 6) is -0.389. The van der Waals surface area contributed by atoms with Crippen LogP contribution in [0.5, 0.6) is 0 Å². The molecule has 0 bridgehead atoms. The van der Waals surface area contributed by atoms with Gasteiger partial charge in [-0.2, -0.15) is 5.26 Å². The van der Waals surface area contributed by atoms with E-state index in [0.29, 0.717) is 17.5 Å². The van der Waals surface area contributed by atoms with Gasteiger partial charge in [-0.1, -0.05) is 6.92 Å². The molecule has 0 fully saturated rings. The van der Waals surface area contributed by atoms with E-state index in [0.717, 1.165) is 9.13 Å². The van der Waals surface area contributed by atoms with E-state index in [4.69, 9.17) is 5.26 Å². The summed E-state index contributed by atoms with van der Waals surface area (Å²) in [5, 5.41) is 9.00. The van der Waals surface area contributed by atoms with Gasteiger partial charge in [0.1, 0.15) is 6.07 Å². The van der Waals surface area contributed by atoms with E-state index in [9.17, 15) is 4.79 Å². The molecule has 0 saturated heterocycles. The fourth-order valence-electron chi connectivity index (χ4n) is 1.41. The predicted molar refractivity (Wildman–Crippen MR) is 64.6 cm³/mol. The molecule has 0 aliphatic rings. The number of carbonyl (C=O) groups is 1. The zero-order chi connectivity index (χ0) is 11.4. The Labute approximate surface area is 102 Å². The summed E-state index contributed by atoms with van der Waals surface area (Å²) in [6.07, 6.45) is 0.643. The molecule has 3 nitrogen and oxygen atoms in total. The number of ether oxygens (including phenoxy) is 1. The van der Waals surface area contributed by atoms with Gasteiger partial charge in [0.25, 0.3) is 0 Å². The Hall–Kier alpha value is -1.09. The van der Waals surface area contributed by atoms with Crippen molar-refractivity contribution in [1.82, 2.24) is 0 Å². The molecule has 4 heteroatoms. The van der Waals surface area contributed by atoms with Crippen molar-refractivity contribution in [3.05, 3.63) is 32.4 Å². The highest BCUT2D eigenvalue weighted by Gasteiger charge is 2.15.